The van der Waals surface area contributed by atoms with Crippen LogP contribution in [-0.2, 0) is 6.54 Å². The Kier molecular flexibility index (Phi) is 2.98. The topological polar surface area (TPSA) is 67.4 Å². The van der Waals surface area contributed by atoms with Gasteiger partial charge in [-0.05, 0) is 24.6 Å². The van der Waals surface area contributed by atoms with Gasteiger partial charge in [-0.15, -0.1) is 0 Å². The Morgan fingerprint density at radius 3 is 3.00 bits per heavy atom. The van der Waals surface area contributed by atoms with Gasteiger partial charge in [0, 0.05) is 36.7 Å². The molecule has 0 unspecified atom stereocenters. The predicted octanol–water partition coefficient (Wildman–Crippen LogP) is 0.995. The van der Waals surface area contributed by atoms with Crippen molar-refractivity contribution in [3.63, 3.8) is 0 Å². The molecule has 0 amide bonds. The minimum absolute atomic E-state index is 0.0156. The van der Waals surface area contributed by atoms with E-state index in [9.17, 15) is 5.11 Å². The van der Waals surface area contributed by atoms with Crippen LogP contribution >= 0.6 is 0 Å². The summed E-state index contributed by atoms with van der Waals surface area (Å²) in [5.41, 5.74) is 2.27. The maximum absolute atomic E-state index is 9.96. The zero-order chi connectivity index (χ0) is 14.2. The van der Waals surface area contributed by atoms with Crippen LogP contribution in [0.15, 0.2) is 49.1 Å². The molecule has 0 radical (unpaired) electrons. The molecule has 0 aliphatic heterocycles. The van der Waals surface area contributed by atoms with E-state index in [-0.39, 0.29) is 18.2 Å². The molecular weight excluding hydrogens is 266 g/mol. The number of hydrogen-bond donors (Lipinski definition) is 2. The Morgan fingerprint density at radius 2 is 2.19 bits per heavy atom. The molecule has 1 saturated carbocycles. The number of fused-ring (bicyclic) bond motifs is 1. The van der Waals surface area contributed by atoms with Crippen LogP contribution in [0.2, 0.25) is 0 Å². The minimum Gasteiger partial charge on any atom is -0.391 e. The average molecular weight is 283 g/mol. The Hall–Kier alpha value is -2.18. The Bertz CT molecular complexity index is 735. The molecule has 21 heavy (non-hydrogen) atoms. The molecule has 0 bridgehead atoms. The Morgan fingerprint density at radius 1 is 1.24 bits per heavy atom. The molecule has 1 fully saturated rings. The van der Waals surface area contributed by atoms with Crippen molar-refractivity contribution in [2.75, 3.05) is 0 Å². The van der Waals surface area contributed by atoms with Crippen molar-refractivity contribution in [3.8, 4) is 0 Å². The second kappa shape index (κ2) is 4.98. The van der Waals surface area contributed by atoms with Crippen molar-refractivity contribution in [1.82, 2.24) is 24.7 Å². The van der Waals surface area contributed by atoms with E-state index in [1.165, 1.54) is 0 Å². The lowest BCUT2D eigenvalue weighted by Gasteiger charge is -2.42. The number of rotatable bonds is 4. The van der Waals surface area contributed by atoms with E-state index in [2.05, 4.69) is 21.6 Å². The number of hydrogen-bond acceptors (Lipinski definition) is 4. The van der Waals surface area contributed by atoms with Crippen LogP contribution in [-0.4, -0.2) is 36.6 Å². The lowest BCUT2D eigenvalue weighted by molar-refractivity contribution is -0.00818. The summed E-state index contributed by atoms with van der Waals surface area (Å²) in [5, 5.41) is 22.0. The molecule has 1 aliphatic rings. The van der Waals surface area contributed by atoms with Crippen molar-refractivity contribution in [2.24, 2.45) is 0 Å². The highest BCUT2D eigenvalue weighted by atomic mass is 16.3. The van der Waals surface area contributed by atoms with Gasteiger partial charge in [-0.3, -0.25) is 4.68 Å². The molecule has 2 N–H and O–H groups in total. The molecule has 3 atom stereocenters. The molecule has 6 nitrogen and oxygen atoms in total. The Balaban J connectivity index is 1.47. The summed E-state index contributed by atoms with van der Waals surface area (Å²) in [6.07, 6.45) is 7.90. The number of pyridine rings is 1. The molecular formula is C15H17N5O. The fourth-order valence-electron chi connectivity index (χ4n) is 3.00. The first-order valence-electron chi connectivity index (χ1n) is 7.15. The van der Waals surface area contributed by atoms with E-state index in [1.807, 2.05) is 46.0 Å². The zero-order valence-electron chi connectivity index (χ0n) is 11.5. The summed E-state index contributed by atoms with van der Waals surface area (Å²) in [4.78, 5) is 0. The SMILES string of the molecule is O[C@@H]1C[C@H](NCc2cnn3ccccc23)[C@H]1n1cccn1. The number of nitrogens with zero attached hydrogens (tertiary/aromatic N) is 4. The number of aliphatic hydroxyl groups is 1. The van der Waals surface area contributed by atoms with Gasteiger partial charge in [0.05, 0.1) is 23.9 Å². The third kappa shape index (κ3) is 2.12. The van der Waals surface area contributed by atoms with E-state index < -0.39 is 0 Å². The lowest BCUT2D eigenvalue weighted by atomic mass is 9.83. The average Bonchev–Trinajstić information content (AvgIpc) is 3.13. The van der Waals surface area contributed by atoms with Crippen LogP contribution in [0, 0.1) is 0 Å². The Labute approximate surface area is 122 Å². The van der Waals surface area contributed by atoms with Crippen molar-refractivity contribution < 1.29 is 5.11 Å². The van der Waals surface area contributed by atoms with Crippen molar-refractivity contribution >= 4 is 5.52 Å². The van der Waals surface area contributed by atoms with Gasteiger partial charge >= 0.3 is 0 Å². The normalized spacial score (nSPS) is 25.1. The highest BCUT2D eigenvalue weighted by Crippen LogP contribution is 2.32. The number of nitrogens with one attached hydrogen (secondary N) is 1. The van der Waals surface area contributed by atoms with Gasteiger partial charge in [0.1, 0.15) is 0 Å². The monoisotopic (exact) mass is 283 g/mol. The fourth-order valence-corrected chi connectivity index (χ4v) is 3.00. The molecule has 0 spiro atoms. The van der Waals surface area contributed by atoms with Gasteiger partial charge in [0.15, 0.2) is 0 Å². The highest BCUT2D eigenvalue weighted by molar-refractivity contribution is 5.53. The van der Waals surface area contributed by atoms with Gasteiger partial charge in [0.25, 0.3) is 0 Å². The second-order valence-corrected chi connectivity index (χ2v) is 5.47. The van der Waals surface area contributed by atoms with Crippen molar-refractivity contribution in [1.29, 1.82) is 0 Å². The predicted molar refractivity (Wildman–Crippen MR) is 77.7 cm³/mol. The first kappa shape index (κ1) is 12.6. The third-order valence-electron chi connectivity index (χ3n) is 4.19. The van der Waals surface area contributed by atoms with Crippen LogP contribution in [0.5, 0.6) is 0 Å². The molecule has 3 aromatic heterocycles. The van der Waals surface area contributed by atoms with Crippen LogP contribution < -0.4 is 5.32 Å². The van der Waals surface area contributed by atoms with E-state index >= 15 is 0 Å². The molecule has 3 aromatic rings. The summed E-state index contributed by atoms with van der Waals surface area (Å²) < 4.78 is 3.71. The number of aromatic nitrogens is 4. The van der Waals surface area contributed by atoms with Crippen molar-refractivity contribution in [2.45, 2.75) is 31.2 Å². The van der Waals surface area contributed by atoms with Crippen LogP contribution in [0.4, 0.5) is 0 Å². The van der Waals surface area contributed by atoms with E-state index in [4.69, 9.17) is 0 Å². The van der Waals surface area contributed by atoms with Crippen LogP contribution in [0.3, 0.4) is 0 Å². The summed E-state index contributed by atoms with van der Waals surface area (Å²) in [5.74, 6) is 0. The van der Waals surface area contributed by atoms with Gasteiger partial charge in [-0.1, -0.05) is 6.07 Å². The van der Waals surface area contributed by atoms with Gasteiger partial charge < -0.3 is 10.4 Å². The molecule has 4 rings (SSSR count). The molecule has 0 aromatic carbocycles. The van der Waals surface area contributed by atoms with E-state index in [1.54, 1.807) is 6.20 Å². The van der Waals surface area contributed by atoms with Gasteiger partial charge in [-0.2, -0.15) is 10.2 Å². The van der Waals surface area contributed by atoms with E-state index in [0.717, 1.165) is 24.0 Å². The smallest absolute Gasteiger partial charge is 0.0932 e. The molecule has 1 aliphatic carbocycles. The first-order chi connectivity index (χ1) is 10.3. The maximum atomic E-state index is 9.96. The van der Waals surface area contributed by atoms with Crippen LogP contribution in [0.25, 0.3) is 5.52 Å². The van der Waals surface area contributed by atoms with Crippen molar-refractivity contribution in [3.05, 3.63) is 54.6 Å². The van der Waals surface area contributed by atoms with Gasteiger partial charge in [-0.25, -0.2) is 4.52 Å². The summed E-state index contributed by atoms with van der Waals surface area (Å²) in [6.45, 7) is 0.739. The maximum Gasteiger partial charge on any atom is 0.0932 e. The molecule has 6 heteroatoms. The zero-order valence-corrected chi connectivity index (χ0v) is 11.5. The first-order valence-corrected chi connectivity index (χ1v) is 7.15. The largest absolute Gasteiger partial charge is 0.391 e. The fraction of sp³-hybridized carbons (Fsp3) is 0.333. The van der Waals surface area contributed by atoms with Gasteiger partial charge in [0.2, 0.25) is 0 Å². The lowest BCUT2D eigenvalue weighted by Crippen LogP contribution is -2.54. The summed E-state index contributed by atoms with van der Waals surface area (Å²) in [7, 11) is 0. The second-order valence-electron chi connectivity index (χ2n) is 5.47. The molecule has 108 valence electrons. The quantitative estimate of drug-likeness (QED) is 0.749. The number of aliphatic hydroxyl groups excluding tert-OH is 1. The molecule has 3 heterocycles. The summed E-state index contributed by atoms with van der Waals surface area (Å²) in [6, 6.07) is 8.17. The standard InChI is InChI=1S/C15H17N5O/c21-14-8-12(15(14)20-7-3-5-17-20)16-9-11-10-18-19-6-2-1-4-13(11)19/h1-7,10,12,14-16,21H,8-9H2/t12-,14+,15+/m0/s1. The summed E-state index contributed by atoms with van der Waals surface area (Å²) >= 11 is 0. The van der Waals surface area contributed by atoms with Crippen LogP contribution in [0.1, 0.15) is 18.0 Å². The van der Waals surface area contributed by atoms with E-state index in [0.29, 0.717) is 0 Å². The highest BCUT2D eigenvalue weighted by Gasteiger charge is 2.41. The third-order valence-corrected chi connectivity index (χ3v) is 4.19. The molecule has 0 saturated heterocycles. The minimum atomic E-state index is -0.327.